The van der Waals surface area contributed by atoms with Gasteiger partial charge in [0, 0.05) is 37.3 Å². The molecular formula is C19H25N3O2. The second-order valence-corrected chi connectivity index (χ2v) is 6.82. The summed E-state index contributed by atoms with van der Waals surface area (Å²) < 4.78 is 13.5. The summed E-state index contributed by atoms with van der Waals surface area (Å²) in [5.41, 5.74) is 2.39. The fraction of sp³-hybridized carbons (Fsp3) is 0.526. The Bertz CT molecular complexity index is 655. The lowest BCUT2D eigenvalue weighted by Gasteiger charge is -2.36. The minimum Gasteiger partial charge on any atom is -0.348 e. The van der Waals surface area contributed by atoms with Crippen LogP contribution in [0.25, 0.3) is 5.69 Å². The van der Waals surface area contributed by atoms with Crippen LogP contribution in [-0.4, -0.2) is 34.8 Å². The van der Waals surface area contributed by atoms with Gasteiger partial charge in [-0.1, -0.05) is 12.1 Å². The van der Waals surface area contributed by atoms with Gasteiger partial charge in [-0.15, -0.1) is 0 Å². The van der Waals surface area contributed by atoms with Gasteiger partial charge in [0.1, 0.15) is 0 Å². The van der Waals surface area contributed by atoms with Crippen LogP contribution in [-0.2, 0) is 9.47 Å². The molecule has 0 bridgehead atoms. The molecule has 128 valence electrons. The van der Waals surface area contributed by atoms with Crippen molar-refractivity contribution in [3.05, 3.63) is 48.3 Å². The van der Waals surface area contributed by atoms with Crippen molar-refractivity contribution in [2.75, 3.05) is 13.2 Å². The Morgan fingerprint density at radius 1 is 1.21 bits per heavy atom. The molecular weight excluding hydrogens is 302 g/mol. The van der Waals surface area contributed by atoms with Crippen molar-refractivity contribution in [1.29, 1.82) is 0 Å². The molecule has 5 heteroatoms. The molecule has 5 nitrogen and oxygen atoms in total. The molecule has 1 saturated heterocycles. The number of hydrogen-bond donors (Lipinski definition) is 1. The smallest absolute Gasteiger partial charge is 0.168 e. The van der Waals surface area contributed by atoms with Gasteiger partial charge in [0.15, 0.2) is 5.79 Å². The molecule has 0 unspecified atom stereocenters. The number of aromatic nitrogens is 2. The van der Waals surface area contributed by atoms with E-state index in [4.69, 9.17) is 9.47 Å². The minimum absolute atomic E-state index is 0.276. The van der Waals surface area contributed by atoms with Crippen LogP contribution >= 0.6 is 0 Å². The molecule has 1 spiro atoms. The summed E-state index contributed by atoms with van der Waals surface area (Å²) in [6, 6.07) is 11.3. The minimum atomic E-state index is -0.276. The second-order valence-electron chi connectivity index (χ2n) is 6.82. The van der Waals surface area contributed by atoms with Crippen LogP contribution in [0.15, 0.2) is 42.7 Å². The van der Waals surface area contributed by atoms with Crippen LogP contribution in [0.1, 0.15) is 44.2 Å². The third-order valence-corrected chi connectivity index (χ3v) is 5.19. The van der Waals surface area contributed by atoms with Crippen LogP contribution in [0, 0.1) is 0 Å². The first kappa shape index (κ1) is 15.8. The third kappa shape index (κ3) is 3.24. The summed E-state index contributed by atoms with van der Waals surface area (Å²) in [6.45, 7) is 3.72. The Morgan fingerprint density at radius 2 is 2.00 bits per heavy atom. The van der Waals surface area contributed by atoms with E-state index in [1.54, 1.807) is 6.20 Å². The van der Waals surface area contributed by atoms with Gasteiger partial charge >= 0.3 is 0 Å². The number of ether oxygens (including phenoxy) is 2. The lowest BCUT2D eigenvalue weighted by Crippen LogP contribution is -2.42. The number of benzene rings is 1. The Morgan fingerprint density at radius 3 is 2.71 bits per heavy atom. The molecule has 2 fully saturated rings. The van der Waals surface area contributed by atoms with Gasteiger partial charge in [0.25, 0.3) is 0 Å². The quantitative estimate of drug-likeness (QED) is 0.937. The molecule has 1 aromatic carbocycles. The van der Waals surface area contributed by atoms with E-state index >= 15 is 0 Å². The number of hydrogen-bond acceptors (Lipinski definition) is 4. The molecule has 1 N–H and O–H groups in total. The molecule has 2 aromatic rings. The largest absolute Gasteiger partial charge is 0.348 e. The molecule has 1 aliphatic heterocycles. The summed E-state index contributed by atoms with van der Waals surface area (Å²) >= 11 is 0. The highest BCUT2D eigenvalue weighted by molar-refractivity contribution is 5.36. The molecule has 2 aliphatic rings. The summed E-state index contributed by atoms with van der Waals surface area (Å²) in [4.78, 5) is 0. The molecule has 1 aliphatic carbocycles. The lowest BCUT2D eigenvalue weighted by molar-refractivity contribution is -0.179. The zero-order valence-electron chi connectivity index (χ0n) is 14.1. The first-order valence-electron chi connectivity index (χ1n) is 8.88. The van der Waals surface area contributed by atoms with Gasteiger partial charge in [0.05, 0.1) is 18.9 Å². The normalized spacial score (nSPS) is 22.0. The van der Waals surface area contributed by atoms with Crippen LogP contribution in [0.4, 0.5) is 0 Å². The zero-order chi connectivity index (χ0) is 16.4. The highest BCUT2D eigenvalue weighted by atomic mass is 16.7. The Kier molecular flexibility index (Phi) is 4.39. The lowest BCUT2D eigenvalue weighted by atomic mass is 9.89. The van der Waals surface area contributed by atoms with Gasteiger partial charge in [-0.3, -0.25) is 0 Å². The van der Waals surface area contributed by atoms with E-state index in [0.29, 0.717) is 12.1 Å². The van der Waals surface area contributed by atoms with Gasteiger partial charge in [0.2, 0.25) is 0 Å². The summed E-state index contributed by atoms with van der Waals surface area (Å²) in [6.07, 6.45) is 7.96. The fourth-order valence-electron chi connectivity index (χ4n) is 3.82. The van der Waals surface area contributed by atoms with E-state index in [1.165, 1.54) is 5.56 Å². The molecule has 1 aromatic heterocycles. The number of nitrogens with one attached hydrogen (secondary N) is 1. The van der Waals surface area contributed by atoms with E-state index in [2.05, 4.69) is 41.6 Å². The van der Waals surface area contributed by atoms with Crippen molar-refractivity contribution in [2.24, 2.45) is 0 Å². The first-order chi connectivity index (χ1) is 11.7. The van der Waals surface area contributed by atoms with Crippen molar-refractivity contribution in [2.45, 2.75) is 50.5 Å². The van der Waals surface area contributed by atoms with Crippen LogP contribution < -0.4 is 5.32 Å². The number of nitrogens with zero attached hydrogens (tertiary/aromatic N) is 2. The SMILES string of the molecule is C[C@H](NC1CCC2(CC1)OCCO2)c1cccc(-n2cccn2)c1. The summed E-state index contributed by atoms with van der Waals surface area (Å²) in [7, 11) is 0. The Balaban J connectivity index is 1.38. The van der Waals surface area contributed by atoms with Gasteiger partial charge in [-0.2, -0.15) is 5.10 Å². The summed E-state index contributed by atoms with van der Waals surface area (Å²) in [5.74, 6) is -0.276. The zero-order valence-corrected chi connectivity index (χ0v) is 14.1. The average molecular weight is 327 g/mol. The second kappa shape index (κ2) is 6.67. The van der Waals surface area contributed by atoms with Crippen molar-refractivity contribution >= 4 is 0 Å². The predicted octanol–water partition coefficient (Wildman–Crippen LogP) is 3.21. The molecule has 4 rings (SSSR count). The Hall–Kier alpha value is -1.69. The highest BCUT2D eigenvalue weighted by Crippen LogP contribution is 2.36. The van der Waals surface area contributed by atoms with Gasteiger partial charge in [-0.25, -0.2) is 4.68 Å². The van der Waals surface area contributed by atoms with E-state index < -0.39 is 0 Å². The first-order valence-corrected chi connectivity index (χ1v) is 8.88. The molecule has 2 heterocycles. The molecule has 0 amide bonds. The van der Waals surface area contributed by atoms with Crippen molar-refractivity contribution in [3.63, 3.8) is 0 Å². The van der Waals surface area contributed by atoms with E-state index in [1.807, 2.05) is 16.9 Å². The standard InChI is InChI=1S/C19H25N3O2/c1-15(16-4-2-5-18(14-16)22-11-3-10-20-22)21-17-6-8-19(9-7-17)23-12-13-24-19/h2-5,10-11,14-15,17,21H,6-9,12-13H2,1H3/t15-/m0/s1. The average Bonchev–Trinajstić information content (AvgIpc) is 3.30. The van der Waals surface area contributed by atoms with E-state index in [0.717, 1.165) is 44.6 Å². The van der Waals surface area contributed by atoms with Crippen LogP contribution in [0.2, 0.25) is 0 Å². The van der Waals surface area contributed by atoms with Gasteiger partial charge in [-0.05, 0) is 43.5 Å². The van der Waals surface area contributed by atoms with E-state index in [9.17, 15) is 0 Å². The van der Waals surface area contributed by atoms with Crippen molar-refractivity contribution < 1.29 is 9.47 Å². The monoisotopic (exact) mass is 327 g/mol. The maximum Gasteiger partial charge on any atom is 0.168 e. The van der Waals surface area contributed by atoms with Crippen LogP contribution in [0.3, 0.4) is 0 Å². The molecule has 0 radical (unpaired) electrons. The maximum absolute atomic E-state index is 5.82. The molecule has 1 atom stereocenters. The maximum atomic E-state index is 5.82. The highest BCUT2D eigenvalue weighted by Gasteiger charge is 2.40. The molecule has 24 heavy (non-hydrogen) atoms. The molecule has 1 saturated carbocycles. The van der Waals surface area contributed by atoms with Crippen LogP contribution in [0.5, 0.6) is 0 Å². The summed E-state index contributed by atoms with van der Waals surface area (Å²) in [5, 5.41) is 8.08. The van der Waals surface area contributed by atoms with Gasteiger partial charge < -0.3 is 14.8 Å². The third-order valence-electron chi connectivity index (χ3n) is 5.19. The number of rotatable bonds is 4. The van der Waals surface area contributed by atoms with Crippen molar-refractivity contribution in [1.82, 2.24) is 15.1 Å². The Labute approximate surface area is 143 Å². The van der Waals surface area contributed by atoms with Crippen molar-refractivity contribution in [3.8, 4) is 5.69 Å². The topological polar surface area (TPSA) is 48.3 Å². The fourth-order valence-corrected chi connectivity index (χ4v) is 3.82. The van der Waals surface area contributed by atoms with E-state index in [-0.39, 0.29) is 5.79 Å². The predicted molar refractivity (Wildman–Crippen MR) is 92.0 cm³/mol.